The molecule has 2 amide bonds. The number of nitrogens with one attached hydrogen (secondary N) is 2. The molecule has 0 unspecified atom stereocenters. The number of benzene rings is 3. The number of amides is 2. The van der Waals surface area contributed by atoms with Gasteiger partial charge in [0.15, 0.2) is 0 Å². The number of rotatable bonds is 8. The molecule has 4 rings (SSSR count). The second-order valence-electron chi connectivity index (χ2n) is 8.01. The molecule has 0 aliphatic carbocycles. The number of halogens is 3. The number of carbonyl (C=O) groups excluding carboxylic acids is 2. The van der Waals surface area contributed by atoms with Crippen LogP contribution < -0.4 is 21.1 Å². The van der Waals surface area contributed by atoms with Crippen LogP contribution in [0.5, 0.6) is 11.5 Å². The van der Waals surface area contributed by atoms with Crippen LogP contribution >= 0.6 is 22.6 Å². The third-order valence-corrected chi connectivity index (χ3v) is 6.00. The Morgan fingerprint density at radius 1 is 1.06 bits per heavy atom. The van der Waals surface area contributed by atoms with Crippen LogP contribution in [0, 0.1) is 15.2 Å². The van der Waals surface area contributed by atoms with Gasteiger partial charge in [0.05, 0.1) is 31.1 Å². The Bertz CT molecular complexity index is 1280. The highest BCUT2D eigenvalue weighted by Crippen LogP contribution is 2.34. The maximum absolute atomic E-state index is 14.5. The molecule has 188 valence electrons. The minimum Gasteiger partial charge on any atom is -0.456 e. The van der Waals surface area contributed by atoms with Crippen LogP contribution in [0.25, 0.3) is 0 Å². The first-order chi connectivity index (χ1) is 17.3. The van der Waals surface area contributed by atoms with E-state index < -0.39 is 17.5 Å². The van der Waals surface area contributed by atoms with E-state index in [9.17, 15) is 18.4 Å². The van der Waals surface area contributed by atoms with E-state index in [2.05, 4.69) is 10.6 Å². The zero-order valence-electron chi connectivity index (χ0n) is 19.0. The van der Waals surface area contributed by atoms with Crippen LogP contribution in [-0.2, 0) is 9.53 Å². The Labute approximate surface area is 219 Å². The van der Waals surface area contributed by atoms with Crippen molar-refractivity contribution < 1.29 is 27.8 Å². The Morgan fingerprint density at radius 3 is 2.56 bits per heavy atom. The smallest absolute Gasteiger partial charge is 0.254 e. The van der Waals surface area contributed by atoms with Crippen molar-refractivity contribution in [3.63, 3.8) is 0 Å². The molecule has 1 aliphatic heterocycles. The number of morpholine rings is 1. The van der Waals surface area contributed by atoms with Crippen molar-refractivity contribution >= 4 is 51.5 Å². The normalized spacial score (nSPS) is 13.8. The lowest BCUT2D eigenvalue weighted by atomic mass is 10.1. The number of anilines is 3. The molecule has 11 heteroatoms. The second kappa shape index (κ2) is 11.6. The topological polar surface area (TPSA) is 106 Å². The molecule has 0 aromatic heterocycles. The molecule has 0 spiro atoms. The van der Waals surface area contributed by atoms with Crippen LogP contribution in [-0.4, -0.2) is 49.6 Å². The van der Waals surface area contributed by atoms with Crippen LogP contribution in [0.2, 0.25) is 0 Å². The average molecular weight is 608 g/mol. The van der Waals surface area contributed by atoms with Gasteiger partial charge >= 0.3 is 0 Å². The van der Waals surface area contributed by atoms with Gasteiger partial charge in [0.1, 0.15) is 28.7 Å². The van der Waals surface area contributed by atoms with Gasteiger partial charge in [0.2, 0.25) is 5.91 Å². The standard InChI is InChI=1S/C25H23F2IN4O4/c26-15-10-21(31-20-5-4-16(28)12-19(20)27)24(25(29)34)22(11-15)36-18-3-1-2-17(13-18)30-23(33)14-32-6-8-35-9-7-32/h1-5,10-13,31H,6-9,14H2,(H2,29,34)(H,30,33). The fourth-order valence-electron chi connectivity index (χ4n) is 3.68. The van der Waals surface area contributed by atoms with Crippen molar-refractivity contribution in [1.82, 2.24) is 4.90 Å². The molecule has 0 atom stereocenters. The van der Waals surface area contributed by atoms with E-state index in [0.29, 0.717) is 35.6 Å². The van der Waals surface area contributed by atoms with E-state index in [1.54, 1.807) is 30.3 Å². The minimum absolute atomic E-state index is 0.0412. The van der Waals surface area contributed by atoms with Gasteiger partial charge in [0.25, 0.3) is 5.91 Å². The molecule has 1 saturated heterocycles. The zero-order valence-corrected chi connectivity index (χ0v) is 21.2. The molecule has 0 radical (unpaired) electrons. The Kier molecular flexibility index (Phi) is 8.33. The van der Waals surface area contributed by atoms with Crippen LogP contribution in [0.3, 0.4) is 0 Å². The maximum Gasteiger partial charge on any atom is 0.254 e. The number of nitrogens with zero attached hydrogens (tertiary/aromatic N) is 1. The predicted octanol–water partition coefficient (Wildman–Crippen LogP) is 4.47. The molecule has 3 aromatic carbocycles. The molecule has 3 aromatic rings. The lowest BCUT2D eigenvalue weighted by Gasteiger charge is -2.25. The van der Waals surface area contributed by atoms with Crippen molar-refractivity contribution in [3.05, 3.63) is 75.4 Å². The lowest BCUT2D eigenvalue weighted by molar-refractivity contribution is -0.118. The first-order valence-corrected chi connectivity index (χ1v) is 12.1. The largest absolute Gasteiger partial charge is 0.456 e. The van der Waals surface area contributed by atoms with E-state index in [1.807, 2.05) is 27.5 Å². The maximum atomic E-state index is 14.5. The van der Waals surface area contributed by atoms with E-state index in [0.717, 1.165) is 12.1 Å². The van der Waals surface area contributed by atoms with Gasteiger partial charge < -0.3 is 25.8 Å². The summed E-state index contributed by atoms with van der Waals surface area (Å²) in [6.45, 7) is 2.73. The SMILES string of the molecule is NC(=O)c1c(Nc2ccc(I)cc2F)cc(F)cc1Oc1cccc(NC(=O)CN2CCOCC2)c1. The highest BCUT2D eigenvalue weighted by atomic mass is 127. The highest BCUT2D eigenvalue weighted by Gasteiger charge is 2.20. The molecule has 0 saturated carbocycles. The molecular weight excluding hydrogens is 585 g/mol. The molecule has 36 heavy (non-hydrogen) atoms. The summed E-state index contributed by atoms with van der Waals surface area (Å²) in [5.74, 6) is -2.33. The number of hydrogen-bond donors (Lipinski definition) is 3. The van der Waals surface area contributed by atoms with Crippen molar-refractivity contribution in [3.8, 4) is 11.5 Å². The van der Waals surface area contributed by atoms with Crippen molar-refractivity contribution in [2.75, 3.05) is 43.5 Å². The summed E-state index contributed by atoms with van der Waals surface area (Å²) in [7, 11) is 0. The van der Waals surface area contributed by atoms with E-state index in [-0.39, 0.29) is 40.9 Å². The summed E-state index contributed by atoms with van der Waals surface area (Å²) in [6, 6.07) is 12.9. The third kappa shape index (κ3) is 6.68. The third-order valence-electron chi connectivity index (χ3n) is 5.33. The van der Waals surface area contributed by atoms with Gasteiger partial charge in [-0.1, -0.05) is 6.07 Å². The summed E-state index contributed by atoms with van der Waals surface area (Å²) >= 11 is 1.96. The summed E-state index contributed by atoms with van der Waals surface area (Å²) in [5.41, 5.74) is 5.87. The van der Waals surface area contributed by atoms with E-state index >= 15 is 0 Å². The fourth-order valence-corrected chi connectivity index (χ4v) is 4.13. The number of carbonyl (C=O) groups is 2. The first-order valence-electron chi connectivity index (χ1n) is 11.0. The molecule has 8 nitrogen and oxygen atoms in total. The molecule has 1 aliphatic rings. The van der Waals surface area contributed by atoms with Gasteiger partial charge in [-0.15, -0.1) is 0 Å². The Hall–Kier alpha value is -3.29. The van der Waals surface area contributed by atoms with Crippen LogP contribution in [0.15, 0.2) is 54.6 Å². The number of ether oxygens (including phenoxy) is 2. The summed E-state index contributed by atoms with van der Waals surface area (Å²) in [5, 5.41) is 5.52. The molecular formula is C25H23F2IN4O4. The number of primary amides is 1. The predicted molar refractivity (Wildman–Crippen MR) is 140 cm³/mol. The monoisotopic (exact) mass is 608 g/mol. The van der Waals surface area contributed by atoms with Crippen LogP contribution in [0.1, 0.15) is 10.4 Å². The van der Waals surface area contributed by atoms with Gasteiger partial charge in [0, 0.05) is 34.5 Å². The summed E-state index contributed by atoms with van der Waals surface area (Å²) in [6.07, 6.45) is 0. The minimum atomic E-state index is -0.895. The van der Waals surface area contributed by atoms with Gasteiger partial charge in [-0.3, -0.25) is 14.5 Å². The molecule has 4 N–H and O–H groups in total. The molecule has 0 bridgehead atoms. The van der Waals surface area contributed by atoms with E-state index in [4.69, 9.17) is 15.2 Å². The van der Waals surface area contributed by atoms with Crippen LogP contribution in [0.4, 0.5) is 25.8 Å². The molecule has 1 fully saturated rings. The van der Waals surface area contributed by atoms with Gasteiger partial charge in [-0.2, -0.15) is 0 Å². The lowest BCUT2D eigenvalue weighted by Crippen LogP contribution is -2.41. The number of nitrogens with two attached hydrogens (primary N) is 1. The Morgan fingerprint density at radius 2 is 1.83 bits per heavy atom. The zero-order chi connectivity index (χ0) is 25.7. The first kappa shape index (κ1) is 25.8. The second-order valence-corrected chi connectivity index (χ2v) is 9.25. The quantitative estimate of drug-likeness (QED) is 0.326. The average Bonchev–Trinajstić information content (AvgIpc) is 2.81. The van der Waals surface area contributed by atoms with E-state index in [1.165, 1.54) is 12.1 Å². The Balaban J connectivity index is 1.55. The summed E-state index contributed by atoms with van der Waals surface area (Å²) in [4.78, 5) is 26.7. The molecule has 1 heterocycles. The highest BCUT2D eigenvalue weighted by molar-refractivity contribution is 14.1. The number of hydrogen-bond acceptors (Lipinski definition) is 6. The van der Waals surface area contributed by atoms with Gasteiger partial charge in [-0.25, -0.2) is 8.78 Å². The van der Waals surface area contributed by atoms with Gasteiger partial charge in [-0.05, 0) is 59.0 Å². The van der Waals surface area contributed by atoms with Crippen molar-refractivity contribution in [2.45, 2.75) is 0 Å². The van der Waals surface area contributed by atoms with Crippen molar-refractivity contribution in [1.29, 1.82) is 0 Å². The van der Waals surface area contributed by atoms with Crippen molar-refractivity contribution in [2.24, 2.45) is 5.73 Å². The summed E-state index contributed by atoms with van der Waals surface area (Å²) < 4.78 is 40.6. The fraction of sp³-hybridized carbons (Fsp3) is 0.200.